The van der Waals surface area contributed by atoms with Gasteiger partial charge in [-0.1, -0.05) is 18.2 Å². The number of hydrogen-bond acceptors (Lipinski definition) is 4. The van der Waals surface area contributed by atoms with Gasteiger partial charge in [0.05, 0.1) is 14.2 Å². The molecule has 0 saturated carbocycles. The molecule has 5 nitrogen and oxygen atoms in total. The van der Waals surface area contributed by atoms with Gasteiger partial charge in [-0.3, -0.25) is 4.79 Å². The highest BCUT2D eigenvalue weighted by atomic mass is 19.4. The smallest absolute Gasteiger partial charge is 0.497 e. The van der Waals surface area contributed by atoms with Crippen LogP contribution in [0.25, 0.3) is 6.08 Å². The van der Waals surface area contributed by atoms with Crippen molar-refractivity contribution in [2.45, 2.75) is 6.36 Å². The van der Waals surface area contributed by atoms with Crippen molar-refractivity contribution < 1.29 is 32.2 Å². The van der Waals surface area contributed by atoms with Gasteiger partial charge < -0.3 is 19.5 Å². The number of nitrogens with one attached hydrogen (secondary N) is 1. The quantitative estimate of drug-likeness (QED) is 0.776. The first-order valence-electron chi connectivity index (χ1n) is 7.37. The Balaban J connectivity index is 2.13. The van der Waals surface area contributed by atoms with Gasteiger partial charge in [-0.25, -0.2) is 0 Å². The molecule has 2 aromatic rings. The van der Waals surface area contributed by atoms with Crippen LogP contribution in [0.3, 0.4) is 0 Å². The lowest BCUT2D eigenvalue weighted by atomic mass is 10.2. The fourth-order valence-electron chi connectivity index (χ4n) is 2.06. The molecule has 138 valence electrons. The van der Waals surface area contributed by atoms with E-state index >= 15 is 0 Å². The zero-order valence-corrected chi connectivity index (χ0v) is 14.0. The van der Waals surface area contributed by atoms with Crippen LogP contribution >= 0.6 is 0 Å². The summed E-state index contributed by atoms with van der Waals surface area (Å²) < 4.78 is 51.3. The molecule has 0 saturated heterocycles. The number of ether oxygens (including phenoxy) is 3. The number of carbonyl (C=O) groups excluding carboxylic acids is 1. The Labute approximate surface area is 148 Å². The maximum Gasteiger partial charge on any atom is 0.573 e. The van der Waals surface area contributed by atoms with Crippen molar-refractivity contribution in [2.24, 2.45) is 0 Å². The van der Waals surface area contributed by atoms with Crippen LogP contribution in [-0.4, -0.2) is 26.5 Å². The number of hydrogen-bond donors (Lipinski definition) is 1. The summed E-state index contributed by atoms with van der Waals surface area (Å²) in [6.07, 6.45) is -2.48. The summed E-state index contributed by atoms with van der Waals surface area (Å²) in [6.45, 7) is 0. The minimum atomic E-state index is -4.82. The highest BCUT2D eigenvalue weighted by Crippen LogP contribution is 2.28. The molecule has 0 atom stereocenters. The second-order valence-electron chi connectivity index (χ2n) is 5.01. The fraction of sp³-hybridized carbons (Fsp3) is 0.167. The van der Waals surface area contributed by atoms with E-state index in [1.54, 1.807) is 18.2 Å². The number of amides is 1. The van der Waals surface area contributed by atoms with Crippen molar-refractivity contribution in [1.29, 1.82) is 0 Å². The lowest BCUT2D eigenvalue weighted by Gasteiger charge is -2.11. The number of rotatable bonds is 6. The van der Waals surface area contributed by atoms with E-state index in [1.807, 2.05) is 0 Å². The van der Waals surface area contributed by atoms with Crippen molar-refractivity contribution in [1.82, 2.24) is 0 Å². The molecular formula is C18H16F3NO4. The molecule has 2 rings (SSSR count). The molecule has 0 radical (unpaired) electrons. The number of benzene rings is 2. The lowest BCUT2D eigenvalue weighted by Crippen LogP contribution is -2.17. The molecule has 2 aromatic carbocycles. The average molecular weight is 367 g/mol. The van der Waals surface area contributed by atoms with Gasteiger partial charge in [-0.2, -0.15) is 0 Å². The van der Waals surface area contributed by atoms with E-state index in [2.05, 4.69) is 10.1 Å². The summed E-state index contributed by atoms with van der Waals surface area (Å²) in [5.41, 5.74) is 0.527. The highest BCUT2D eigenvalue weighted by Gasteiger charge is 2.31. The van der Waals surface area contributed by atoms with E-state index in [1.165, 1.54) is 38.5 Å². The standard InChI is InChI=1S/C18H16F3NO4/c1-24-14-9-13(10-15(11-14)25-2)22-17(23)8-7-12-5-3-4-6-16(12)26-18(19,20)21/h3-11H,1-2H3,(H,22,23)/b8-7+. The molecule has 0 bridgehead atoms. The minimum absolute atomic E-state index is 0.114. The first kappa shape index (κ1) is 19.2. The molecule has 0 heterocycles. The van der Waals surface area contributed by atoms with Gasteiger partial charge in [0, 0.05) is 35.5 Å². The van der Waals surface area contributed by atoms with Crippen LogP contribution < -0.4 is 19.5 Å². The Morgan fingerprint density at radius 1 is 1.04 bits per heavy atom. The van der Waals surface area contributed by atoms with E-state index in [0.29, 0.717) is 17.2 Å². The van der Waals surface area contributed by atoms with Crippen LogP contribution in [0, 0.1) is 0 Å². The van der Waals surface area contributed by atoms with Gasteiger partial charge in [0.25, 0.3) is 0 Å². The van der Waals surface area contributed by atoms with Gasteiger partial charge >= 0.3 is 6.36 Å². The molecule has 0 spiro atoms. The summed E-state index contributed by atoms with van der Waals surface area (Å²) in [4.78, 5) is 12.0. The van der Waals surface area contributed by atoms with E-state index < -0.39 is 18.0 Å². The SMILES string of the molecule is COc1cc(NC(=O)/C=C/c2ccccc2OC(F)(F)F)cc(OC)c1. The molecule has 0 fully saturated rings. The van der Waals surface area contributed by atoms with Crippen LogP contribution in [0.2, 0.25) is 0 Å². The molecular weight excluding hydrogens is 351 g/mol. The summed E-state index contributed by atoms with van der Waals surface area (Å²) in [6, 6.07) is 10.3. The topological polar surface area (TPSA) is 56.8 Å². The van der Waals surface area contributed by atoms with Crippen molar-refractivity contribution >= 4 is 17.7 Å². The van der Waals surface area contributed by atoms with E-state index in [9.17, 15) is 18.0 Å². The van der Waals surface area contributed by atoms with Crippen LogP contribution in [0.1, 0.15) is 5.56 Å². The Morgan fingerprint density at radius 2 is 1.65 bits per heavy atom. The average Bonchev–Trinajstić information content (AvgIpc) is 2.59. The predicted molar refractivity (Wildman–Crippen MR) is 90.3 cm³/mol. The van der Waals surface area contributed by atoms with Crippen LogP contribution in [0.5, 0.6) is 17.2 Å². The third-order valence-corrected chi connectivity index (χ3v) is 3.18. The maximum atomic E-state index is 12.4. The monoisotopic (exact) mass is 367 g/mol. The fourth-order valence-corrected chi connectivity index (χ4v) is 2.06. The van der Waals surface area contributed by atoms with Gasteiger partial charge in [0.2, 0.25) is 5.91 Å². The van der Waals surface area contributed by atoms with Crippen molar-refractivity contribution in [3.05, 3.63) is 54.1 Å². The summed E-state index contributed by atoms with van der Waals surface area (Å²) >= 11 is 0. The number of methoxy groups -OCH3 is 2. The molecule has 0 aliphatic rings. The summed E-state index contributed by atoms with van der Waals surface area (Å²) in [5.74, 6) is 0.0225. The van der Waals surface area contributed by atoms with Crippen LogP contribution in [0.15, 0.2) is 48.5 Å². The molecule has 1 N–H and O–H groups in total. The predicted octanol–water partition coefficient (Wildman–Crippen LogP) is 4.25. The number of anilines is 1. The second-order valence-corrected chi connectivity index (χ2v) is 5.01. The third-order valence-electron chi connectivity index (χ3n) is 3.18. The van der Waals surface area contributed by atoms with E-state index in [0.717, 1.165) is 12.1 Å². The number of carbonyl (C=O) groups is 1. The zero-order valence-electron chi connectivity index (χ0n) is 14.0. The number of para-hydroxylation sites is 1. The highest BCUT2D eigenvalue weighted by molar-refractivity contribution is 6.02. The Bertz CT molecular complexity index is 781. The Hall–Kier alpha value is -3.16. The van der Waals surface area contributed by atoms with Gasteiger partial charge in [0.1, 0.15) is 17.2 Å². The largest absolute Gasteiger partial charge is 0.573 e. The van der Waals surface area contributed by atoms with Crippen molar-refractivity contribution in [2.75, 3.05) is 19.5 Å². The Kier molecular flexibility index (Phi) is 6.11. The zero-order chi connectivity index (χ0) is 19.2. The van der Waals surface area contributed by atoms with E-state index in [4.69, 9.17) is 9.47 Å². The third kappa shape index (κ3) is 5.73. The van der Waals surface area contributed by atoms with Gasteiger partial charge in [-0.05, 0) is 12.1 Å². The van der Waals surface area contributed by atoms with Crippen LogP contribution in [-0.2, 0) is 4.79 Å². The minimum Gasteiger partial charge on any atom is -0.497 e. The Morgan fingerprint density at radius 3 is 2.23 bits per heavy atom. The normalized spacial score (nSPS) is 11.3. The lowest BCUT2D eigenvalue weighted by molar-refractivity contribution is -0.274. The maximum absolute atomic E-state index is 12.4. The van der Waals surface area contributed by atoms with E-state index in [-0.39, 0.29) is 5.56 Å². The summed E-state index contributed by atoms with van der Waals surface area (Å²) in [7, 11) is 2.94. The molecule has 0 unspecified atom stereocenters. The molecule has 0 aromatic heterocycles. The molecule has 0 aliphatic heterocycles. The molecule has 8 heteroatoms. The molecule has 1 amide bonds. The molecule has 26 heavy (non-hydrogen) atoms. The number of alkyl halides is 3. The summed E-state index contributed by atoms with van der Waals surface area (Å²) in [5, 5.41) is 2.58. The van der Waals surface area contributed by atoms with Gasteiger partial charge in [-0.15, -0.1) is 13.2 Å². The second kappa shape index (κ2) is 8.28. The van der Waals surface area contributed by atoms with Gasteiger partial charge in [0.15, 0.2) is 0 Å². The van der Waals surface area contributed by atoms with Crippen LogP contribution in [0.4, 0.5) is 18.9 Å². The first-order chi connectivity index (χ1) is 12.3. The molecule has 0 aliphatic carbocycles. The first-order valence-corrected chi connectivity index (χ1v) is 7.37. The van der Waals surface area contributed by atoms with Crippen molar-refractivity contribution in [3.8, 4) is 17.2 Å². The van der Waals surface area contributed by atoms with Crippen molar-refractivity contribution in [3.63, 3.8) is 0 Å². The number of halogens is 3.